The van der Waals surface area contributed by atoms with E-state index in [4.69, 9.17) is 0 Å². The van der Waals surface area contributed by atoms with Crippen molar-refractivity contribution in [2.75, 3.05) is 0 Å². The molecular formula is C27H17NO2. The molecule has 0 bridgehead atoms. The predicted octanol–water partition coefficient (Wildman–Crippen LogP) is 6.31. The van der Waals surface area contributed by atoms with Gasteiger partial charge in [0.1, 0.15) is 0 Å². The van der Waals surface area contributed by atoms with Crippen LogP contribution in [0.25, 0.3) is 33.4 Å². The number of benzene rings is 4. The van der Waals surface area contributed by atoms with E-state index in [9.17, 15) is 10.1 Å². The minimum atomic E-state index is -0.245. The van der Waals surface area contributed by atoms with Crippen LogP contribution in [-0.2, 0) is 18.3 Å². The summed E-state index contributed by atoms with van der Waals surface area (Å²) in [5.41, 5.74) is 11.8. The van der Waals surface area contributed by atoms with Crippen LogP contribution in [0.3, 0.4) is 0 Å². The van der Waals surface area contributed by atoms with Crippen LogP contribution in [0.15, 0.2) is 78.9 Å². The summed E-state index contributed by atoms with van der Waals surface area (Å²) in [5, 5.41) is 12.1. The summed E-state index contributed by atoms with van der Waals surface area (Å²) in [5.74, 6) is 0. The molecule has 1 atom stereocenters. The van der Waals surface area contributed by atoms with E-state index in [0.29, 0.717) is 0 Å². The normalized spacial score (nSPS) is 18.8. The Morgan fingerprint density at radius 3 is 1.93 bits per heavy atom. The Balaban J connectivity index is 1.69. The van der Waals surface area contributed by atoms with Gasteiger partial charge in [-0.2, -0.15) is 0 Å². The van der Waals surface area contributed by atoms with Gasteiger partial charge in [-0.25, -0.2) is 0 Å². The molecule has 142 valence electrons. The Morgan fingerprint density at radius 1 is 0.633 bits per heavy atom. The Hall–Kier alpha value is -3.72. The quantitative estimate of drug-likeness (QED) is 0.284. The molecular weight excluding hydrogens is 370 g/mol. The van der Waals surface area contributed by atoms with Gasteiger partial charge >= 0.3 is 0 Å². The molecule has 0 aromatic heterocycles. The summed E-state index contributed by atoms with van der Waals surface area (Å²) in [6.45, 7) is 0. The molecule has 4 aromatic carbocycles. The molecule has 0 aliphatic heterocycles. The van der Waals surface area contributed by atoms with Gasteiger partial charge in [-0.3, -0.25) is 10.1 Å². The zero-order valence-electron chi connectivity index (χ0n) is 16.2. The third kappa shape index (κ3) is 1.73. The first kappa shape index (κ1) is 16.1. The lowest BCUT2D eigenvalue weighted by Gasteiger charge is -2.42. The van der Waals surface area contributed by atoms with Crippen LogP contribution in [0.4, 0.5) is 5.69 Å². The SMILES string of the molecule is O=[N+]([O-])c1ccc2c3c1-c1ccccc1CC31Cc3ccccc3-c3cccc-2c31. The van der Waals surface area contributed by atoms with Crippen molar-refractivity contribution in [1.82, 2.24) is 0 Å². The van der Waals surface area contributed by atoms with Crippen molar-refractivity contribution in [2.45, 2.75) is 18.3 Å². The molecule has 3 heteroatoms. The number of nitrogens with zero attached hydrogens (tertiary/aromatic N) is 1. The topological polar surface area (TPSA) is 43.1 Å². The highest BCUT2D eigenvalue weighted by Gasteiger charge is 2.52. The third-order valence-corrected chi connectivity index (χ3v) is 7.27. The van der Waals surface area contributed by atoms with Crippen LogP contribution in [0.2, 0.25) is 0 Å². The van der Waals surface area contributed by atoms with E-state index in [1.807, 2.05) is 18.2 Å². The lowest BCUT2D eigenvalue weighted by Crippen LogP contribution is -2.37. The highest BCUT2D eigenvalue weighted by Crippen LogP contribution is 2.63. The van der Waals surface area contributed by atoms with Gasteiger partial charge in [-0.1, -0.05) is 66.7 Å². The van der Waals surface area contributed by atoms with Crippen LogP contribution < -0.4 is 0 Å². The number of hydrogen-bond acceptors (Lipinski definition) is 2. The zero-order chi connectivity index (χ0) is 20.0. The maximum atomic E-state index is 12.1. The molecule has 0 radical (unpaired) electrons. The van der Waals surface area contributed by atoms with Crippen molar-refractivity contribution in [3.63, 3.8) is 0 Å². The molecule has 3 aliphatic carbocycles. The van der Waals surface area contributed by atoms with Gasteiger partial charge in [0.25, 0.3) is 5.69 Å². The molecule has 0 amide bonds. The second kappa shape index (κ2) is 5.25. The average molecular weight is 387 g/mol. The Morgan fingerprint density at radius 2 is 1.20 bits per heavy atom. The maximum Gasteiger partial charge on any atom is 0.277 e. The Labute approximate surface area is 173 Å². The molecule has 3 nitrogen and oxygen atoms in total. The van der Waals surface area contributed by atoms with Crippen LogP contribution in [-0.4, -0.2) is 4.92 Å². The van der Waals surface area contributed by atoms with Gasteiger partial charge in [-0.15, -0.1) is 0 Å². The largest absolute Gasteiger partial charge is 0.277 e. The number of rotatable bonds is 1. The van der Waals surface area contributed by atoms with E-state index < -0.39 is 0 Å². The molecule has 1 spiro atoms. The van der Waals surface area contributed by atoms with Crippen molar-refractivity contribution >= 4 is 5.69 Å². The minimum Gasteiger partial charge on any atom is -0.258 e. The number of nitro benzene ring substituents is 1. The van der Waals surface area contributed by atoms with Gasteiger partial charge in [0.2, 0.25) is 0 Å². The van der Waals surface area contributed by atoms with E-state index in [2.05, 4.69) is 54.6 Å². The monoisotopic (exact) mass is 387 g/mol. The van der Waals surface area contributed by atoms with Gasteiger partial charge in [0.15, 0.2) is 0 Å². The highest BCUT2D eigenvalue weighted by atomic mass is 16.6. The fourth-order valence-corrected chi connectivity index (χ4v) is 6.30. The molecule has 3 aliphatic rings. The van der Waals surface area contributed by atoms with E-state index in [1.54, 1.807) is 6.07 Å². The Bertz CT molecular complexity index is 1430. The van der Waals surface area contributed by atoms with Crippen molar-refractivity contribution in [3.8, 4) is 33.4 Å². The van der Waals surface area contributed by atoms with E-state index >= 15 is 0 Å². The average Bonchev–Trinajstić information content (AvgIpc) is 3.05. The molecule has 0 N–H and O–H groups in total. The number of nitro groups is 1. The van der Waals surface area contributed by atoms with Crippen LogP contribution in [0, 0.1) is 10.1 Å². The number of hydrogen-bond donors (Lipinski definition) is 0. The first-order chi connectivity index (χ1) is 14.7. The molecule has 0 saturated carbocycles. The summed E-state index contributed by atoms with van der Waals surface area (Å²) >= 11 is 0. The van der Waals surface area contributed by atoms with Gasteiger partial charge < -0.3 is 0 Å². The first-order valence-corrected chi connectivity index (χ1v) is 10.3. The lowest BCUT2D eigenvalue weighted by atomic mass is 9.60. The standard InChI is InChI=1S/C27H17NO2/c29-28(30)23-13-12-22-21-11-5-10-20-18-8-3-1-6-16(18)14-27(25(20)21)15-17-7-2-4-9-19(17)24(23)26(22)27/h1-13H,14-15H2. The molecule has 1 unspecified atom stereocenters. The van der Waals surface area contributed by atoms with Crippen molar-refractivity contribution in [2.24, 2.45) is 0 Å². The van der Waals surface area contributed by atoms with E-state index in [0.717, 1.165) is 35.1 Å². The fraction of sp³-hybridized carbons (Fsp3) is 0.111. The molecule has 7 rings (SSSR count). The van der Waals surface area contributed by atoms with Gasteiger partial charge in [0, 0.05) is 11.5 Å². The molecule has 0 saturated heterocycles. The van der Waals surface area contributed by atoms with Crippen LogP contribution >= 0.6 is 0 Å². The smallest absolute Gasteiger partial charge is 0.258 e. The van der Waals surface area contributed by atoms with Crippen molar-refractivity contribution < 1.29 is 4.92 Å². The van der Waals surface area contributed by atoms with Crippen LogP contribution in [0.1, 0.15) is 22.3 Å². The lowest BCUT2D eigenvalue weighted by molar-refractivity contribution is -0.384. The second-order valence-electron chi connectivity index (χ2n) is 8.62. The fourth-order valence-electron chi connectivity index (χ4n) is 6.30. The maximum absolute atomic E-state index is 12.1. The van der Waals surface area contributed by atoms with E-state index in [-0.39, 0.29) is 16.0 Å². The van der Waals surface area contributed by atoms with Gasteiger partial charge in [0.05, 0.1) is 10.5 Å². The molecule has 0 heterocycles. The summed E-state index contributed by atoms with van der Waals surface area (Å²) in [6.07, 6.45) is 1.76. The summed E-state index contributed by atoms with van der Waals surface area (Å²) in [7, 11) is 0. The minimum absolute atomic E-state index is 0.216. The number of fused-ring (bicyclic) bond motifs is 5. The summed E-state index contributed by atoms with van der Waals surface area (Å²) in [6, 6.07) is 27.1. The van der Waals surface area contributed by atoms with E-state index in [1.165, 1.54) is 33.4 Å². The zero-order valence-corrected chi connectivity index (χ0v) is 16.2. The van der Waals surface area contributed by atoms with Crippen molar-refractivity contribution in [3.05, 3.63) is 111 Å². The van der Waals surface area contributed by atoms with Gasteiger partial charge in [-0.05, 0) is 69.0 Å². The molecule has 30 heavy (non-hydrogen) atoms. The summed E-state index contributed by atoms with van der Waals surface area (Å²) in [4.78, 5) is 11.9. The predicted molar refractivity (Wildman–Crippen MR) is 118 cm³/mol. The first-order valence-electron chi connectivity index (χ1n) is 10.3. The summed E-state index contributed by atoms with van der Waals surface area (Å²) < 4.78 is 0. The van der Waals surface area contributed by atoms with Crippen LogP contribution in [0.5, 0.6) is 0 Å². The van der Waals surface area contributed by atoms with Crippen molar-refractivity contribution in [1.29, 1.82) is 0 Å². The highest BCUT2D eigenvalue weighted by molar-refractivity contribution is 5.99. The third-order valence-electron chi connectivity index (χ3n) is 7.27. The molecule has 4 aromatic rings. The second-order valence-corrected chi connectivity index (χ2v) is 8.62. The molecule has 0 fully saturated rings. The Kier molecular flexibility index (Phi) is 2.82.